The van der Waals surface area contributed by atoms with E-state index in [1.807, 2.05) is 0 Å². The number of para-hydroxylation sites is 1. The van der Waals surface area contributed by atoms with Gasteiger partial charge in [-0.2, -0.15) is 0 Å². The van der Waals surface area contributed by atoms with Gasteiger partial charge in [0.1, 0.15) is 11.3 Å². The summed E-state index contributed by atoms with van der Waals surface area (Å²) in [5.74, 6) is -0.853. The second-order valence-electron chi connectivity index (χ2n) is 4.05. The van der Waals surface area contributed by atoms with E-state index in [2.05, 4.69) is 10.5 Å². The van der Waals surface area contributed by atoms with Gasteiger partial charge in [-0.15, -0.1) is 0 Å². The number of aromatic carboxylic acids is 1. The summed E-state index contributed by atoms with van der Waals surface area (Å²) in [6, 6.07) is 5.74. The van der Waals surface area contributed by atoms with Gasteiger partial charge in [-0.3, -0.25) is 10.1 Å². The molecule has 0 aliphatic carbocycles. The van der Waals surface area contributed by atoms with E-state index in [-0.39, 0.29) is 17.8 Å². The molecule has 2 N–H and O–H groups in total. The van der Waals surface area contributed by atoms with Crippen molar-refractivity contribution in [1.29, 1.82) is 0 Å². The second-order valence-corrected chi connectivity index (χ2v) is 4.05. The molecule has 0 aliphatic rings. The number of hydrogen-bond donors (Lipinski definition) is 2. The fraction of sp³-hybridized carbons (Fsp3) is 0.167. The number of nitro benzene ring substituents is 1. The predicted octanol–water partition coefficient (Wildman–Crippen LogP) is 2.20. The standard InChI is InChI=1S/C12H11N3O5/c1-7-5-8(20-14-7)6-13-10-4-2-3-9(12(16)17)11(10)15(18)19/h2-5,13H,6H2,1H3,(H,16,17). The van der Waals surface area contributed by atoms with Crippen LogP contribution >= 0.6 is 0 Å². The molecule has 2 aromatic rings. The third kappa shape index (κ3) is 2.74. The Bertz CT molecular complexity index is 665. The minimum atomic E-state index is -1.35. The number of aryl methyl sites for hydroxylation is 1. The van der Waals surface area contributed by atoms with Crippen LogP contribution in [0.25, 0.3) is 0 Å². The quantitative estimate of drug-likeness (QED) is 0.635. The van der Waals surface area contributed by atoms with Gasteiger partial charge in [0.15, 0.2) is 5.76 Å². The Morgan fingerprint density at radius 2 is 2.30 bits per heavy atom. The van der Waals surface area contributed by atoms with Crippen LogP contribution < -0.4 is 5.32 Å². The van der Waals surface area contributed by atoms with Crippen LogP contribution in [0.1, 0.15) is 21.8 Å². The minimum absolute atomic E-state index is 0.115. The zero-order valence-corrected chi connectivity index (χ0v) is 10.5. The predicted molar refractivity (Wildman–Crippen MR) is 68.6 cm³/mol. The monoisotopic (exact) mass is 277 g/mol. The van der Waals surface area contributed by atoms with E-state index < -0.39 is 16.6 Å². The second kappa shape index (κ2) is 5.39. The Morgan fingerprint density at radius 1 is 1.55 bits per heavy atom. The molecule has 0 unspecified atom stereocenters. The summed E-state index contributed by atoms with van der Waals surface area (Å²) >= 11 is 0. The molecule has 0 fully saturated rings. The Labute approximate surface area is 113 Å². The average Bonchev–Trinajstić information content (AvgIpc) is 2.81. The van der Waals surface area contributed by atoms with Crippen LogP contribution in [0, 0.1) is 17.0 Å². The van der Waals surface area contributed by atoms with Crippen molar-refractivity contribution < 1.29 is 19.3 Å². The van der Waals surface area contributed by atoms with Gasteiger partial charge < -0.3 is 14.9 Å². The van der Waals surface area contributed by atoms with Gasteiger partial charge in [-0.1, -0.05) is 11.2 Å². The summed E-state index contributed by atoms with van der Waals surface area (Å²) in [5, 5.41) is 26.5. The lowest BCUT2D eigenvalue weighted by Gasteiger charge is -2.06. The van der Waals surface area contributed by atoms with E-state index in [9.17, 15) is 14.9 Å². The number of benzene rings is 1. The van der Waals surface area contributed by atoms with Crippen LogP contribution in [-0.4, -0.2) is 21.2 Å². The van der Waals surface area contributed by atoms with Gasteiger partial charge in [-0.05, 0) is 19.1 Å². The number of aromatic nitrogens is 1. The van der Waals surface area contributed by atoms with Crippen LogP contribution in [0.4, 0.5) is 11.4 Å². The molecule has 8 nitrogen and oxygen atoms in total. The molecule has 0 aliphatic heterocycles. The summed E-state index contributed by atoms with van der Waals surface area (Å²) < 4.78 is 4.97. The lowest BCUT2D eigenvalue weighted by atomic mass is 10.1. The summed E-state index contributed by atoms with van der Waals surface area (Å²) in [5.41, 5.74) is -0.0375. The van der Waals surface area contributed by atoms with E-state index >= 15 is 0 Å². The first-order valence-electron chi connectivity index (χ1n) is 5.66. The van der Waals surface area contributed by atoms with E-state index in [0.717, 1.165) is 0 Å². The van der Waals surface area contributed by atoms with Crippen LogP contribution in [0.5, 0.6) is 0 Å². The normalized spacial score (nSPS) is 10.2. The lowest BCUT2D eigenvalue weighted by Crippen LogP contribution is -2.07. The lowest BCUT2D eigenvalue weighted by molar-refractivity contribution is -0.384. The smallest absolute Gasteiger partial charge is 0.342 e. The van der Waals surface area contributed by atoms with Crippen molar-refractivity contribution in [2.45, 2.75) is 13.5 Å². The van der Waals surface area contributed by atoms with Crippen molar-refractivity contribution in [1.82, 2.24) is 5.16 Å². The number of carboxylic acids is 1. The van der Waals surface area contributed by atoms with Gasteiger partial charge in [0.2, 0.25) is 0 Å². The van der Waals surface area contributed by atoms with E-state index in [1.54, 1.807) is 13.0 Å². The molecule has 8 heteroatoms. The molecule has 0 spiro atoms. The molecule has 0 radical (unpaired) electrons. The van der Waals surface area contributed by atoms with Gasteiger partial charge in [-0.25, -0.2) is 4.79 Å². The Morgan fingerprint density at radius 3 is 2.85 bits per heavy atom. The van der Waals surface area contributed by atoms with Crippen molar-refractivity contribution in [3.63, 3.8) is 0 Å². The Kier molecular flexibility index (Phi) is 3.65. The molecule has 1 aromatic heterocycles. The maximum Gasteiger partial charge on any atom is 0.342 e. The largest absolute Gasteiger partial charge is 0.477 e. The van der Waals surface area contributed by atoms with Crippen molar-refractivity contribution in [3.05, 3.63) is 51.4 Å². The molecule has 20 heavy (non-hydrogen) atoms. The number of nitro groups is 1. The molecule has 0 saturated heterocycles. The van der Waals surface area contributed by atoms with E-state index in [4.69, 9.17) is 9.63 Å². The highest BCUT2D eigenvalue weighted by atomic mass is 16.6. The van der Waals surface area contributed by atoms with Crippen molar-refractivity contribution >= 4 is 17.3 Å². The first-order chi connectivity index (χ1) is 9.49. The zero-order chi connectivity index (χ0) is 14.7. The van der Waals surface area contributed by atoms with Crippen LogP contribution in [0.3, 0.4) is 0 Å². The number of anilines is 1. The fourth-order valence-electron chi connectivity index (χ4n) is 1.74. The fourth-order valence-corrected chi connectivity index (χ4v) is 1.74. The summed E-state index contributed by atoms with van der Waals surface area (Å²) in [6.07, 6.45) is 0. The number of carboxylic acid groups (broad SMARTS) is 1. The summed E-state index contributed by atoms with van der Waals surface area (Å²) in [7, 11) is 0. The molecule has 0 atom stereocenters. The van der Waals surface area contributed by atoms with Crippen LogP contribution in [-0.2, 0) is 6.54 Å². The molecule has 104 valence electrons. The Hall–Kier alpha value is -2.90. The molecule has 1 aromatic carbocycles. The van der Waals surface area contributed by atoms with Gasteiger partial charge in [0.25, 0.3) is 0 Å². The molecule has 2 rings (SSSR count). The van der Waals surface area contributed by atoms with E-state index in [1.165, 1.54) is 18.2 Å². The van der Waals surface area contributed by atoms with Crippen molar-refractivity contribution in [2.24, 2.45) is 0 Å². The highest BCUT2D eigenvalue weighted by Gasteiger charge is 2.24. The summed E-state index contributed by atoms with van der Waals surface area (Å²) in [4.78, 5) is 21.3. The van der Waals surface area contributed by atoms with Crippen LogP contribution in [0.15, 0.2) is 28.8 Å². The minimum Gasteiger partial charge on any atom is -0.477 e. The van der Waals surface area contributed by atoms with Crippen LogP contribution in [0.2, 0.25) is 0 Å². The third-order valence-electron chi connectivity index (χ3n) is 2.58. The molecular formula is C12H11N3O5. The zero-order valence-electron chi connectivity index (χ0n) is 10.5. The highest BCUT2D eigenvalue weighted by Crippen LogP contribution is 2.29. The molecular weight excluding hydrogens is 266 g/mol. The van der Waals surface area contributed by atoms with Gasteiger partial charge in [0, 0.05) is 6.07 Å². The number of hydrogen-bond acceptors (Lipinski definition) is 6. The molecule has 1 heterocycles. The number of nitrogens with zero attached hydrogens (tertiary/aromatic N) is 2. The summed E-state index contributed by atoms with van der Waals surface area (Å²) in [6.45, 7) is 1.92. The van der Waals surface area contributed by atoms with Crippen molar-refractivity contribution in [3.8, 4) is 0 Å². The van der Waals surface area contributed by atoms with Crippen molar-refractivity contribution in [2.75, 3.05) is 5.32 Å². The number of carbonyl (C=O) groups is 1. The average molecular weight is 277 g/mol. The molecule has 0 saturated carbocycles. The van der Waals surface area contributed by atoms with E-state index in [0.29, 0.717) is 11.5 Å². The number of nitrogens with one attached hydrogen (secondary N) is 1. The molecule has 0 bridgehead atoms. The maximum absolute atomic E-state index is 11.0. The van der Waals surface area contributed by atoms with Gasteiger partial charge in [0.05, 0.1) is 17.2 Å². The first kappa shape index (κ1) is 13.5. The highest BCUT2D eigenvalue weighted by molar-refractivity contribution is 5.95. The topological polar surface area (TPSA) is 118 Å². The SMILES string of the molecule is Cc1cc(CNc2cccc(C(=O)O)c2[N+](=O)[O-])on1. The Balaban J connectivity index is 2.29. The number of rotatable bonds is 5. The van der Waals surface area contributed by atoms with Gasteiger partial charge >= 0.3 is 11.7 Å². The molecule has 0 amide bonds. The third-order valence-corrected chi connectivity index (χ3v) is 2.58. The first-order valence-corrected chi connectivity index (χ1v) is 5.66. The maximum atomic E-state index is 11.0.